The number of hydrogen-bond donors (Lipinski definition) is 2. The maximum absolute atomic E-state index is 5.06. The topological polar surface area (TPSA) is 52.0 Å². The Hall–Kier alpha value is -0.0800. The molecule has 0 atom stereocenters. The molecule has 2 heteroatoms. The molecule has 4 N–H and O–H groups in total. The van der Waals surface area contributed by atoms with E-state index in [1.165, 1.54) is 12.8 Å². The zero-order valence-electron chi connectivity index (χ0n) is 6.69. The van der Waals surface area contributed by atoms with E-state index in [2.05, 4.69) is 13.8 Å². The third-order valence-corrected chi connectivity index (χ3v) is 0.908. The maximum atomic E-state index is 5.06. The van der Waals surface area contributed by atoms with Crippen molar-refractivity contribution in [1.82, 2.24) is 0 Å². The van der Waals surface area contributed by atoms with Crippen molar-refractivity contribution < 1.29 is 0 Å². The van der Waals surface area contributed by atoms with Crippen LogP contribution < -0.4 is 11.5 Å². The predicted molar refractivity (Wildman–Crippen MR) is 43.3 cm³/mol. The maximum Gasteiger partial charge on any atom is -0.00653 e. The minimum atomic E-state index is 0.719. The fraction of sp³-hybridized carbons (Fsp3) is 1.00. The molecule has 2 nitrogen and oxygen atoms in total. The van der Waals surface area contributed by atoms with Crippen molar-refractivity contribution in [2.75, 3.05) is 13.1 Å². The lowest BCUT2D eigenvalue weighted by atomic mass is 10.4. The molecule has 0 rings (SSSR count). The van der Waals surface area contributed by atoms with Crippen molar-refractivity contribution in [3.8, 4) is 0 Å². The van der Waals surface area contributed by atoms with Crippen LogP contribution in [0.3, 0.4) is 0 Å². The highest BCUT2D eigenvalue weighted by Crippen LogP contribution is 1.76. The molecular weight excluding hydrogens is 112 g/mol. The first-order chi connectivity index (χ1) is 4.33. The van der Waals surface area contributed by atoms with E-state index < -0.39 is 0 Å². The average molecular weight is 132 g/mol. The molecule has 0 amide bonds. The van der Waals surface area contributed by atoms with Crippen LogP contribution in [-0.4, -0.2) is 13.1 Å². The van der Waals surface area contributed by atoms with Crippen LogP contribution in [0.1, 0.15) is 33.1 Å². The second-order valence-electron chi connectivity index (χ2n) is 1.93. The van der Waals surface area contributed by atoms with E-state index in [4.69, 9.17) is 11.5 Å². The summed E-state index contributed by atoms with van der Waals surface area (Å²) in [6.45, 7) is 5.80. The van der Waals surface area contributed by atoms with Gasteiger partial charge in [-0.15, -0.1) is 0 Å². The Morgan fingerprint density at radius 1 is 0.889 bits per heavy atom. The van der Waals surface area contributed by atoms with E-state index in [1.807, 2.05) is 0 Å². The summed E-state index contributed by atoms with van der Waals surface area (Å²) in [6.07, 6.45) is 3.58. The summed E-state index contributed by atoms with van der Waals surface area (Å²) in [6, 6.07) is 0. The molecule has 0 fully saturated rings. The first-order valence-electron chi connectivity index (χ1n) is 3.73. The molecule has 0 heterocycles. The Kier molecular flexibility index (Phi) is 20.3. The SMILES string of the molecule is CCCC.NCCCN. The van der Waals surface area contributed by atoms with Crippen molar-refractivity contribution in [2.24, 2.45) is 11.5 Å². The third kappa shape index (κ3) is 32.6. The smallest absolute Gasteiger partial charge is 0.00653 e. The average Bonchev–Trinajstić information content (AvgIpc) is 1.91. The van der Waals surface area contributed by atoms with Crippen LogP contribution in [0.5, 0.6) is 0 Å². The molecule has 0 saturated carbocycles. The first kappa shape index (κ1) is 11.7. The van der Waals surface area contributed by atoms with E-state index in [9.17, 15) is 0 Å². The third-order valence-electron chi connectivity index (χ3n) is 0.908. The second kappa shape index (κ2) is 15.7. The summed E-state index contributed by atoms with van der Waals surface area (Å²) in [4.78, 5) is 0. The molecule has 0 radical (unpaired) electrons. The number of nitrogens with two attached hydrogens (primary N) is 2. The number of hydrogen-bond acceptors (Lipinski definition) is 2. The van der Waals surface area contributed by atoms with Crippen LogP contribution >= 0.6 is 0 Å². The van der Waals surface area contributed by atoms with Gasteiger partial charge < -0.3 is 11.5 Å². The summed E-state index contributed by atoms with van der Waals surface area (Å²) in [7, 11) is 0. The largest absolute Gasteiger partial charge is 0.330 e. The van der Waals surface area contributed by atoms with Gasteiger partial charge in [0.05, 0.1) is 0 Å². The van der Waals surface area contributed by atoms with Gasteiger partial charge in [-0.05, 0) is 19.5 Å². The summed E-state index contributed by atoms with van der Waals surface area (Å²) >= 11 is 0. The first-order valence-corrected chi connectivity index (χ1v) is 3.73. The highest BCUT2D eigenvalue weighted by molar-refractivity contribution is 4.33. The van der Waals surface area contributed by atoms with Gasteiger partial charge in [-0.25, -0.2) is 0 Å². The van der Waals surface area contributed by atoms with Crippen molar-refractivity contribution in [3.05, 3.63) is 0 Å². The van der Waals surface area contributed by atoms with Gasteiger partial charge in [-0.2, -0.15) is 0 Å². The lowest BCUT2D eigenvalue weighted by Gasteiger charge is -1.81. The number of unbranched alkanes of at least 4 members (excludes halogenated alkanes) is 1. The van der Waals surface area contributed by atoms with Gasteiger partial charge in [-0.1, -0.05) is 26.7 Å². The van der Waals surface area contributed by atoms with Gasteiger partial charge in [0.1, 0.15) is 0 Å². The second-order valence-corrected chi connectivity index (χ2v) is 1.93. The van der Waals surface area contributed by atoms with Gasteiger partial charge in [0.25, 0.3) is 0 Å². The lowest BCUT2D eigenvalue weighted by Crippen LogP contribution is -2.06. The van der Waals surface area contributed by atoms with E-state index in [0.717, 1.165) is 19.5 Å². The Labute approximate surface area is 58.6 Å². The van der Waals surface area contributed by atoms with Crippen LogP contribution in [0.15, 0.2) is 0 Å². The normalized spacial score (nSPS) is 8.00. The Morgan fingerprint density at radius 3 is 1.22 bits per heavy atom. The molecule has 0 aromatic rings. The lowest BCUT2D eigenvalue weighted by molar-refractivity contribution is 0.844. The molecule has 9 heavy (non-hydrogen) atoms. The standard InChI is InChI=1S/C4H10.C3H10N2/c1-3-4-2;4-2-1-3-5/h3-4H2,1-2H3;1-5H2. The van der Waals surface area contributed by atoms with Crippen molar-refractivity contribution in [2.45, 2.75) is 33.1 Å². The van der Waals surface area contributed by atoms with Gasteiger partial charge in [0.2, 0.25) is 0 Å². The van der Waals surface area contributed by atoms with Crippen LogP contribution in [0.4, 0.5) is 0 Å². The molecule has 0 aromatic carbocycles. The van der Waals surface area contributed by atoms with E-state index in [1.54, 1.807) is 0 Å². The van der Waals surface area contributed by atoms with Crippen molar-refractivity contribution in [1.29, 1.82) is 0 Å². The van der Waals surface area contributed by atoms with Crippen molar-refractivity contribution in [3.63, 3.8) is 0 Å². The van der Waals surface area contributed by atoms with E-state index in [0.29, 0.717) is 0 Å². The summed E-state index contributed by atoms with van der Waals surface area (Å²) in [5.41, 5.74) is 10.1. The molecule has 0 saturated heterocycles. The minimum Gasteiger partial charge on any atom is -0.330 e. The Bertz CT molecular complexity index is 26.1. The quantitative estimate of drug-likeness (QED) is 0.604. The monoisotopic (exact) mass is 132 g/mol. The molecule has 0 aliphatic heterocycles. The van der Waals surface area contributed by atoms with Crippen LogP contribution in [0, 0.1) is 0 Å². The summed E-state index contributed by atoms with van der Waals surface area (Å²) in [5, 5.41) is 0. The molecule has 0 aliphatic carbocycles. The fourth-order valence-electron chi connectivity index (χ4n) is 0.118. The fourth-order valence-corrected chi connectivity index (χ4v) is 0.118. The van der Waals surface area contributed by atoms with Crippen molar-refractivity contribution >= 4 is 0 Å². The van der Waals surface area contributed by atoms with Crippen LogP contribution in [0.2, 0.25) is 0 Å². The molecular formula is C7H20N2. The minimum absolute atomic E-state index is 0.719. The highest BCUT2D eigenvalue weighted by Gasteiger charge is 1.67. The zero-order valence-corrected chi connectivity index (χ0v) is 6.69. The Morgan fingerprint density at radius 2 is 1.22 bits per heavy atom. The van der Waals surface area contributed by atoms with Crippen LogP contribution in [0.25, 0.3) is 0 Å². The van der Waals surface area contributed by atoms with Gasteiger partial charge in [-0.3, -0.25) is 0 Å². The summed E-state index contributed by atoms with van der Waals surface area (Å²) < 4.78 is 0. The Balaban J connectivity index is 0. The van der Waals surface area contributed by atoms with Gasteiger partial charge in [0.15, 0.2) is 0 Å². The molecule has 0 bridgehead atoms. The molecule has 58 valence electrons. The highest BCUT2D eigenvalue weighted by atomic mass is 14.6. The van der Waals surface area contributed by atoms with Gasteiger partial charge >= 0.3 is 0 Å². The molecule has 0 unspecified atom stereocenters. The van der Waals surface area contributed by atoms with Crippen LogP contribution in [-0.2, 0) is 0 Å². The predicted octanol–water partition coefficient (Wildman–Crippen LogP) is 1.10. The molecule has 0 aliphatic rings. The zero-order chi connectivity index (χ0) is 7.54. The molecule has 0 spiro atoms. The molecule has 0 aromatic heterocycles. The van der Waals surface area contributed by atoms with Gasteiger partial charge in [0, 0.05) is 0 Å². The van der Waals surface area contributed by atoms with E-state index in [-0.39, 0.29) is 0 Å². The number of rotatable bonds is 3. The summed E-state index contributed by atoms with van der Waals surface area (Å²) in [5.74, 6) is 0. The van der Waals surface area contributed by atoms with E-state index >= 15 is 0 Å².